The molecule has 172 valence electrons. The second kappa shape index (κ2) is 10.5. The normalized spacial score (nSPS) is 14.6. The van der Waals surface area contributed by atoms with E-state index in [1.54, 1.807) is 12.0 Å². The Bertz CT molecular complexity index is 1150. The van der Waals surface area contributed by atoms with Gasteiger partial charge in [-0.1, -0.05) is 54.6 Å². The Morgan fingerprint density at radius 3 is 2.70 bits per heavy atom. The number of fused-ring (bicyclic) bond motifs is 1. The maximum Gasteiger partial charge on any atom is 0.410 e. The Morgan fingerprint density at radius 2 is 1.94 bits per heavy atom. The molecule has 0 spiro atoms. The predicted molar refractivity (Wildman–Crippen MR) is 133 cm³/mol. The lowest BCUT2D eigenvalue weighted by molar-refractivity contribution is 0.111. The fourth-order valence-corrected chi connectivity index (χ4v) is 4.42. The summed E-state index contributed by atoms with van der Waals surface area (Å²) in [6.45, 7) is 6.39. The summed E-state index contributed by atoms with van der Waals surface area (Å²) in [5.74, 6) is 0.858. The van der Waals surface area contributed by atoms with Gasteiger partial charge >= 0.3 is 6.09 Å². The van der Waals surface area contributed by atoms with E-state index in [0.29, 0.717) is 19.7 Å². The third kappa shape index (κ3) is 5.20. The maximum absolute atomic E-state index is 12.0. The Labute approximate surface area is 196 Å². The largest absolute Gasteiger partial charge is 0.496 e. The van der Waals surface area contributed by atoms with Gasteiger partial charge in [-0.25, -0.2) is 4.79 Å². The van der Waals surface area contributed by atoms with Crippen LogP contribution >= 0.6 is 0 Å². The molecule has 1 aliphatic rings. The van der Waals surface area contributed by atoms with E-state index in [4.69, 9.17) is 9.47 Å². The van der Waals surface area contributed by atoms with Crippen LogP contribution in [0.1, 0.15) is 43.0 Å². The molecule has 0 fully saturated rings. The minimum atomic E-state index is -0.250. The first-order chi connectivity index (χ1) is 16.1. The molecule has 1 N–H and O–H groups in total. The molecule has 33 heavy (non-hydrogen) atoms. The molecule has 3 aromatic carbocycles. The van der Waals surface area contributed by atoms with E-state index in [1.807, 2.05) is 13.0 Å². The fourth-order valence-electron chi connectivity index (χ4n) is 4.42. The zero-order valence-corrected chi connectivity index (χ0v) is 19.6. The number of hydrogen-bond acceptors (Lipinski definition) is 4. The summed E-state index contributed by atoms with van der Waals surface area (Å²) in [7, 11) is 1.70. The molecule has 1 aliphatic heterocycles. The van der Waals surface area contributed by atoms with Crippen molar-refractivity contribution in [3.05, 3.63) is 83.4 Å². The highest BCUT2D eigenvalue weighted by Gasteiger charge is 2.20. The van der Waals surface area contributed by atoms with Gasteiger partial charge in [-0.2, -0.15) is 0 Å². The van der Waals surface area contributed by atoms with Gasteiger partial charge in [0.25, 0.3) is 0 Å². The molecule has 1 unspecified atom stereocenters. The number of amides is 1. The smallest absolute Gasteiger partial charge is 0.410 e. The minimum Gasteiger partial charge on any atom is -0.496 e. The van der Waals surface area contributed by atoms with Crippen molar-refractivity contribution in [2.45, 2.75) is 32.9 Å². The molecule has 0 aromatic heterocycles. The van der Waals surface area contributed by atoms with Crippen LogP contribution in [-0.4, -0.2) is 37.8 Å². The molecule has 4 rings (SSSR count). The highest BCUT2D eigenvalue weighted by Crippen LogP contribution is 2.32. The van der Waals surface area contributed by atoms with Crippen LogP contribution in [0.4, 0.5) is 4.79 Å². The number of nitrogens with zero attached hydrogens (tertiary/aromatic N) is 1. The summed E-state index contributed by atoms with van der Waals surface area (Å²) in [6, 6.07) is 21.5. The molecule has 1 amide bonds. The molecule has 5 heteroatoms. The summed E-state index contributed by atoms with van der Waals surface area (Å²) in [5, 5.41) is 6.23. The monoisotopic (exact) mass is 444 g/mol. The Balaban J connectivity index is 1.48. The lowest BCUT2D eigenvalue weighted by Gasteiger charge is -2.26. The lowest BCUT2D eigenvalue weighted by atomic mass is 9.96. The minimum absolute atomic E-state index is 0.216. The van der Waals surface area contributed by atoms with Crippen molar-refractivity contribution < 1.29 is 14.3 Å². The van der Waals surface area contributed by atoms with Crippen molar-refractivity contribution in [3.63, 3.8) is 0 Å². The van der Waals surface area contributed by atoms with E-state index in [2.05, 4.69) is 72.9 Å². The predicted octanol–water partition coefficient (Wildman–Crippen LogP) is 5.94. The van der Waals surface area contributed by atoms with E-state index < -0.39 is 0 Å². The summed E-state index contributed by atoms with van der Waals surface area (Å²) < 4.78 is 10.8. The zero-order valence-electron chi connectivity index (χ0n) is 19.6. The first-order valence-corrected chi connectivity index (χ1v) is 11.6. The van der Waals surface area contributed by atoms with E-state index in [1.165, 1.54) is 27.5 Å². The quantitative estimate of drug-likeness (QED) is 0.490. The van der Waals surface area contributed by atoms with Crippen LogP contribution in [0.15, 0.2) is 66.7 Å². The van der Waals surface area contributed by atoms with Crippen molar-refractivity contribution in [1.82, 2.24) is 10.2 Å². The SMILES string of the molecule is CCOC(=O)N1CC=C(c2cc(CNC(C)c3cccc4ccccc34)ccc2OC)CC1. The van der Waals surface area contributed by atoms with Crippen LogP contribution in [0, 0.1) is 0 Å². The van der Waals surface area contributed by atoms with Gasteiger partial charge < -0.3 is 19.7 Å². The molecule has 0 bridgehead atoms. The van der Waals surface area contributed by atoms with Crippen molar-refractivity contribution in [2.24, 2.45) is 0 Å². The Morgan fingerprint density at radius 1 is 1.12 bits per heavy atom. The number of ether oxygens (including phenoxy) is 2. The summed E-state index contributed by atoms with van der Waals surface area (Å²) >= 11 is 0. The van der Waals surface area contributed by atoms with Gasteiger partial charge in [0.05, 0.1) is 13.7 Å². The zero-order chi connectivity index (χ0) is 23.2. The number of carbonyl (C=O) groups excluding carboxylic acids is 1. The molecule has 0 saturated carbocycles. The topological polar surface area (TPSA) is 50.8 Å². The van der Waals surface area contributed by atoms with E-state index in [9.17, 15) is 4.79 Å². The van der Waals surface area contributed by atoms with Gasteiger partial charge in [-0.05, 0) is 59.9 Å². The second-order valence-corrected chi connectivity index (χ2v) is 8.33. The molecule has 0 aliphatic carbocycles. The fraction of sp³-hybridized carbons (Fsp3) is 0.321. The molecule has 0 radical (unpaired) electrons. The first kappa shape index (κ1) is 22.9. The van der Waals surface area contributed by atoms with E-state index in [-0.39, 0.29) is 12.1 Å². The molecule has 1 atom stereocenters. The molecular formula is C28H32N2O3. The van der Waals surface area contributed by atoms with Crippen LogP contribution in [-0.2, 0) is 11.3 Å². The summed E-state index contributed by atoms with van der Waals surface area (Å²) in [6.07, 6.45) is 2.63. The van der Waals surface area contributed by atoms with Gasteiger partial charge in [0.1, 0.15) is 5.75 Å². The van der Waals surface area contributed by atoms with Crippen LogP contribution in [0.2, 0.25) is 0 Å². The molecule has 0 saturated heterocycles. The standard InChI is InChI=1S/C28H32N2O3/c1-4-33-28(31)30-16-14-23(15-17-30)26-18-21(12-13-27(26)32-3)19-29-20(2)24-11-7-9-22-8-5-6-10-25(22)24/h5-14,18,20,29H,4,15-17,19H2,1-3H3. The lowest BCUT2D eigenvalue weighted by Crippen LogP contribution is -2.35. The highest BCUT2D eigenvalue weighted by atomic mass is 16.6. The summed E-state index contributed by atoms with van der Waals surface area (Å²) in [4.78, 5) is 13.7. The number of hydrogen-bond donors (Lipinski definition) is 1. The van der Waals surface area contributed by atoms with Gasteiger partial charge in [0.15, 0.2) is 0 Å². The van der Waals surface area contributed by atoms with Crippen molar-refractivity contribution >= 4 is 22.4 Å². The third-order valence-corrected chi connectivity index (χ3v) is 6.25. The maximum atomic E-state index is 12.0. The van der Waals surface area contributed by atoms with Crippen molar-refractivity contribution in [3.8, 4) is 5.75 Å². The average Bonchev–Trinajstić information content (AvgIpc) is 2.87. The molecule has 5 nitrogen and oxygen atoms in total. The molecular weight excluding hydrogens is 412 g/mol. The van der Waals surface area contributed by atoms with Gasteiger partial charge in [-0.3, -0.25) is 0 Å². The number of nitrogens with one attached hydrogen (secondary N) is 1. The Hall–Kier alpha value is -3.31. The van der Waals surface area contributed by atoms with Gasteiger partial charge in [0, 0.05) is 31.2 Å². The number of carbonyl (C=O) groups is 1. The van der Waals surface area contributed by atoms with E-state index >= 15 is 0 Å². The second-order valence-electron chi connectivity index (χ2n) is 8.33. The van der Waals surface area contributed by atoms with Crippen LogP contribution in [0.25, 0.3) is 16.3 Å². The van der Waals surface area contributed by atoms with Crippen LogP contribution < -0.4 is 10.1 Å². The average molecular weight is 445 g/mol. The van der Waals surface area contributed by atoms with Gasteiger partial charge in [-0.15, -0.1) is 0 Å². The van der Waals surface area contributed by atoms with Crippen molar-refractivity contribution in [2.75, 3.05) is 26.8 Å². The number of rotatable bonds is 7. The number of benzene rings is 3. The Kier molecular flexibility index (Phi) is 7.30. The van der Waals surface area contributed by atoms with Crippen LogP contribution in [0.3, 0.4) is 0 Å². The molecule has 3 aromatic rings. The van der Waals surface area contributed by atoms with Gasteiger partial charge in [0.2, 0.25) is 0 Å². The first-order valence-electron chi connectivity index (χ1n) is 11.6. The third-order valence-electron chi connectivity index (χ3n) is 6.25. The summed E-state index contributed by atoms with van der Waals surface area (Å²) in [5.41, 5.74) is 4.80. The van der Waals surface area contributed by atoms with E-state index in [0.717, 1.165) is 24.3 Å². The van der Waals surface area contributed by atoms with Crippen LogP contribution in [0.5, 0.6) is 5.75 Å². The number of methoxy groups -OCH3 is 1. The molecule has 1 heterocycles. The highest BCUT2D eigenvalue weighted by molar-refractivity contribution is 5.86. The van der Waals surface area contributed by atoms with Crippen molar-refractivity contribution in [1.29, 1.82) is 0 Å².